The molecule has 1 unspecified atom stereocenters. The van der Waals surface area contributed by atoms with Gasteiger partial charge in [-0.05, 0) is 36.1 Å². The van der Waals surface area contributed by atoms with E-state index in [2.05, 4.69) is 38.8 Å². The van der Waals surface area contributed by atoms with E-state index in [1.54, 1.807) is 34.4 Å². The van der Waals surface area contributed by atoms with Crippen LogP contribution in [0, 0.1) is 18.3 Å². The molecule has 5 rings (SSSR count). The Kier molecular flexibility index (Phi) is 4.54. The minimum Gasteiger partial charge on any atom is -0.420 e. The molecule has 144 valence electrons. The van der Waals surface area contributed by atoms with E-state index in [1.165, 1.54) is 10.3 Å². The Morgan fingerprint density at radius 2 is 2.24 bits per heavy atom. The second-order valence-corrected chi connectivity index (χ2v) is 9.78. The SMILES string of the molecule is Cc1[nH]nc2c1C(c1cc(CSc3nc4ccccc4s3)cs1)C(C#N)=C(N)O2. The fraction of sp³-hybridized carbons (Fsp3) is 0.150. The number of nitrogens with zero attached hydrogens (tertiary/aromatic N) is 3. The molecule has 0 spiro atoms. The molecule has 1 aliphatic heterocycles. The number of benzene rings is 1. The summed E-state index contributed by atoms with van der Waals surface area (Å²) in [6.45, 7) is 1.93. The second kappa shape index (κ2) is 7.22. The Morgan fingerprint density at radius 3 is 3.07 bits per heavy atom. The Bertz CT molecular complexity index is 1260. The molecule has 0 saturated heterocycles. The molecule has 0 amide bonds. The molecule has 0 fully saturated rings. The molecule has 29 heavy (non-hydrogen) atoms. The summed E-state index contributed by atoms with van der Waals surface area (Å²) in [4.78, 5) is 5.74. The van der Waals surface area contributed by atoms with Crippen LogP contribution in [0.2, 0.25) is 0 Å². The van der Waals surface area contributed by atoms with E-state index >= 15 is 0 Å². The van der Waals surface area contributed by atoms with Gasteiger partial charge in [0, 0.05) is 16.3 Å². The van der Waals surface area contributed by atoms with E-state index in [9.17, 15) is 5.26 Å². The lowest BCUT2D eigenvalue weighted by Crippen LogP contribution is -2.20. The number of nitriles is 1. The molecule has 3 N–H and O–H groups in total. The maximum Gasteiger partial charge on any atom is 0.244 e. The first kappa shape index (κ1) is 18.2. The molecule has 1 aromatic carbocycles. The quantitative estimate of drug-likeness (QED) is 0.441. The molecule has 3 aromatic heterocycles. The van der Waals surface area contributed by atoms with E-state index in [1.807, 2.05) is 25.1 Å². The van der Waals surface area contributed by atoms with Crippen molar-refractivity contribution >= 4 is 44.7 Å². The third kappa shape index (κ3) is 3.19. The van der Waals surface area contributed by atoms with Crippen molar-refractivity contribution in [3.05, 3.63) is 68.9 Å². The zero-order valence-electron chi connectivity index (χ0n) is 15.3. The van der Waals surface area contributed by atoms with Crippen LogP contribution in [-0.4, -0.2) is 15.2 Å². The second-order valence-electron chi connectivity index (χ2n) is 6.59. The summed E-state index contributed by atoms with van der Waals surface area (Å²) in [5, 5.41) is 18.9. The molecule has 1 atom stereocenters. The summed E-state index contributed by atoms with van der Waals surface area (Å²) >= 11 is 5.06. The average Bonchev–Trinajstić information content (AvgIpc) is 3.43. The summed E-state index contributed by atoms with van der Waals surface area (Å²) in [5.74, 6) is 1.13. The van der Waals surface area contributed by atoms with Crippen molar-refractivity contribution in [3.8, 4) is 11.9 Å². The summed E-state index contributed by atoms with van der Waals surface area (Å²) < 4.78 is 7.79. The molecule has 1 aliphatic rings. The van der Waals surface area contributed by atoms with E-state index < -0.39 is 0 Å². The number of hydrogen-bond donors (Lipinski definition) is 2. The number of H-pyrrole nitrogens is 1. The lowest BCUT2D eigenvalue weighted by molar-refractivity contribution is 0.379. The lowest BCUT2D eigenvalue weighted by Gasteiger charge is -2.22. The van der Waals surface area contributed by atoms with Crippen molar-refractivity contribution < 1.29 is 4.74 Å². The van der Waals surface area contributed by atoms with Gasteiger partial charge in [0.05, 0.1) is 21.7 Å². The monoisotopic (exact) mass is 437 g/mol. The largest absolute Gasteiger partial charge is 0.420 e. The smallest absolute Gasteiger partial charge is 0.244 e. The van der Waals surface area contributed by atoms with Crippen molar-refractivity contribution in [3.63, 3.8) is 0 Å². The van der Waals surface area contributed by atoms with Crippen molar-refractivity contribution in [1.82, 2.24) is 15.2 Å². The standard InChI is InChI=1S/C20H15N5OS3/c1-10-16-17(12(7-21)18(22)26-19(16)25-24-10)15-6-11(8-27-15)9-28-20-23-13-4-2-3-5-14(13)29-20/h2-6,8,17H,9,22H2,1H3,(H,24,25). The summed E-state index contributed by atoms with van der Waals surface area (Å²) in [5.41, 5.74) is 10.4. The Labute approximate surface area is 179 Å². The highest BCUT2D eigenvalue weighted by molar-refractivity contribution is 8.00. The highest BCUT2D eigenvalue weighted by Gasteiger charge is 2.35. The molecule has 0 aliphatic carbocycles. The maximum atomic E-state index is 9.67. The highest BCUT2D eigenvalue weighted by atomic mass is 32.2. The number of aromatic amines is 1. The minimum atomic E-state index is -0.256. The molecule has 4 heterocycles. The summed E-state index contributed by atoms with van der Waals surface area (Å²) in [6.07, 6.45) is 0. The van der Waals surface area contributed by atoms with Gasteiger partial charge in [-0.15, -0.1) is 27.8 Å². The van der Waals surface area contributed by atoms with Gasteiger partial charge >= 0.3 is 0 Å². The fourth-order valence-corrected chi connectivity index (χ4v) is 6.50. The van der Waals surface area contributed by atoms with Crippen LogP contribution in [0.15, 0.2) is 51.5 Å². The molecule has 0 saturated carbocycles. The van der Waals surface area contributed by atoms with Gasteiger partial charge in [0.1, 0.15) is 11.6 Å². The molecule has 4 aromatic rings. The van der Waals surface area contributed by atoms with Gasteiger partial charge in [-0.3, -0.25) is 5.10 Å². The lowest BCUT2D eigenvalue weighted by atomic mass is 9.89. The van der Waals surface area contributed by atoms with E-state index in [4.69, 9.17) is 10.5 Å². The summed E-state index contributed by atoms with van der Waals surface area (Å²) in [7, 11) is 0. The maximum absolute atomic E-state index is 9.67. The van der Waals surface area contributed by atoms with Crippen LogP contribution in [0.5, 0.6) is 5.88 Å². The Balaban J connectivity index is 1.42. The summed E-state index contributed by atoms with van der Waals surface area (Å²) in [6, 6.07) is 12.5. The fourth-order valence-electron chi connectivity index (χ4n) is 3.36. The van der Waals surface area contributed by atoms with Crippen molar-refractivity contribution in [2.24, 2.45) is 5.73 Å². The zero-order chi connectivity index (χ0) is 20.0. The molecule has 6 nitrogen and oxygen atoms in total. The van der Waals surface area contributed by atoms with Crippen LogP contribution in [-0.2, 0) is 5.75 Å². The van der Waals surface area contributed by atoms with Crippen molar-refractivity contribution in [2.45, 2.75) is 22.9 Å². The van der Waals surface area contributed by atoms with Gasteiger partial charge in [0.25, 0.3) is 0 Å². The minimum absolute atomic E-state index is 0.121. The molecular weight excluding hydrogens is 422 g/mol. The number of thiazole rings is 1. The number of allylic oxidation sites excluding steroid dienone is 1. The van der Waals surface area contributed by atoms with Crippen LogP contribution in [0.1, 0.15) is 27.6 Å². The number of hydrogen-bond acceptors (Lipinski definition) is 8. The zero-order valence-corrected chi connectivity index (χ0v) is 17.8. The molecule has 9 heteroatoms. The van der Waals surface area contributed by atoms with Crippen molar-refractivity contribution in [2.75, 3.05) is 0 Å². The molecule has 0 bridgehead atoms. The van der Waals surface area contributed by atoms with Crippen LogP contribution in [0.4, 0.5) is 0 Å². The number of aromatic nitrogens is 3. The highest BCUT2D eigenvalue weighted by Crippen LogP contribution is 2.45. The predicted molar refractivity (Wildman–Crippen MR) is 116 cm³/mol. The normalized spacial score (nSPS) is 15.9. The predicted octanol–water partition coefficient (Wildman–Crippen LogP) is 4.90. The van der Waals surface area contributed by atoms with E-state index in [0.29, 0.717) is 11.5 Å². The molecule has 0 radical (unpaired) electrons. The van der Waals surface area contributed by atoms with Gasteiger partial charge in [-0.2, -0.15) is 5.26 Å². The third-order valence-corrected chi connectivity index (χ3v) is 8.02. The molecular formula is C20H15N5OS3. The number of nitrogens with two attached hydrogens (primary N) is 1. The number of thiophene rings is 1. The van der Waals surface area contributed by atoms with E-state index in [-0.39, 0.29) is 11.8 Å². The van der Waals surface area contributed by atoms with Crippen LogP contribution < -0.4 is 10.5 Å². The van der Waals surface area contributed by atoms with Gasteiger partial charge in [-0.25, -0.2) is 4.98 Å². The van der Waals surface area contributed by atoms with Crippen LogP contribution >= 0.6 is 34.4 Å². The van der Waals surface area contributed by atoms with E-state index in [0.717, 1.165) is 31.7 Å². The van der Waals surface area contributed by atoms with Crippen molar-refractivity contribution in [1.29, 1.82) is 5.26 Å². The topological polar surface area (TPSA) is 101 Å². The van der Waals surface area contributed by atoms with Gasteiger partial charge in [0.15, 0.2) is 4.34 Å². The van der Waals surface area contributed by atoms with Crippen LogP contribution in [0.25, 0.3) is 10.2 Å². The number of aryl methyl sites for hydroxylation is 1. The number of nitrogens with one attached hydrogen (secondary N) is 1. The number of ether oxygens (including phenoxy) is 1. The first-order valence-electron chi connectivity index (χ1n) is 8.82. The number of rotatable bonds is 4. The number of para-hydroxylation sites is 1. The van der Waals surface area contributed by atoms with Gasteiger partial charge in [-0.1, -0.05) is 23.9 Å². The Morgan fingerprint density at radius 1 is 1.38 bits per heavy atom. The average molecular weight is 438 g/mol. The first-order chi connectivity index (χ1) is 14.1. The van der Waals surface area contributed by atoms with Gasteiger partial charge in [0.2, 0.25) is 11.8 Å². The van der Waals surface area contributed by atoms with Crippen LogP contribution in [0.3, 0.4) is 0 Å². The number of thioether (sulfide) groups is 1. The van der Waals surface area contributed by atoms with Gasteiger partial charge < -0.3 is 10.5 Å². The number of fused-ring (bicyclic) bond motifs is 2. The first-order valence-corrected chi connectivity index (χ1v) is 11.5. The Hall–Kier alpha value is -2.80. The third-order valence-electron chi connectivity index (χ3n) is 4.72.